The second-order valence-electron chi connectivity index (χ2n) is 5.91. The van der Waals surface area contributed by atoms with Crippen LogP contribution in [-0.4, -0.2) is 12.6 Å². The molecule has 2 aromatic carbocycles. The van der Waals surface area contributed by atoms with E-state index in [9.17, 15) is 4.79 Å². The van der Waals surface area contributed by atoms with Crippen LogP contribution in [0.1, 0.15) is 54.4 Å². The SMILES string of the molecule is CCCCOC(=O)CC1c2ccccc2Cc2ccccc21. The molecule has 0 amide bonds. The van der Waals surface area contributed by atoms with E-state index in [4.69, 9.17) is 4.74 Å². The summed E-state index contributed by atoms with van der Waals surface area (Å²) in [5.74, 6) is 0.0280. The summed E-state index contributed by atoms with van der Waals surface area (Å²) in [5, 5.41) is 0. The van der Waals surface area contributed by atoms with E-state index in [1.54, 1.807) is 0 Å². The third-order valence-electron chi connectivity index (χ3n) is 4.37. The van der Waals surface area contributed by atoms with Gasteiger partial charge in [-0.3, -0.25) is 4.79 Å². The number of carbonyl (C=O) groups excluding carboxylic acids is 1. The second kappa shape index (κ2) is 6.78. The molecule has 114 valence electrons. The molecule has 2 aromatic rings. The summed E-state index contributed by atoms with van der Waals surface area (Å²) in [6.07, 6.45) is 3.36. The molecule has 0 aliphatic heterocycles. The van der Waals surface area contributed by atoms with E-state index in [0.717, 1.165) is 19.3 Å². The molecule has 0 radical (unpaired) electrons. The molecule has 22 heavy (non-hydrogen) atoms. The van der Waals surface area contributed by atoms with Gasteiger partial charge in [-0.25, -0.2) is 0 Å². The highest BCUT2D eigenvalue weighted by atomic mass is 16.5. The number of unbranched alkanes of at least 4 members (excludes halogenated alkanes) is 1. The van der Waals surface area contributed by atoms with Crippen molar-refractivity contribution in [3.8, 4) is 0 Å². The summed E-state index contributed by atoms with van der Waals surface area (Å²) in [6.45, 7) is 2.63. The van der Waals surface area contributed by atoms with E-state index in [-0.39, 0.29) is 11.9 Å². The Kier molecular flexibility index (Phi) is 4.57. The molecule has 2 nitrogen and oxygen atoms in total. The lowest BCUT2D eigenvalue weighted by Crippen LogP contribution is -2.18. The number of hydrogen-bond donors (Lipinski definition) is 0. The molecule has 0 spiro atoms. The van der Waals surface area contributed by atoms with Gasteiger partial charge in [0, 0.05) is 5.92 Å². The summed E-state index contributed by atoms with van der Waals surface area (Å²) < 4.78 is 5.38. The molecule has 0 aromatic heterocycles. The number of hydrogen-bond acceptors (Lipinski definition) is 2. The zero-order valence-corrected chi connectivity index (χ0v) is 13.0. The van der Waals surface area contributed by atoms with Gasteiger partial charge in [0.15, 0.2) is 0 Å². The fraction of sp³-hybridized carbons (Fsp3) is 0.350. The number of fused-ring (bicyclic) bond motifs is 2. The molecule has 0 saturated heterocycles. The maximum absolute atomic E-state index is 12.2. The first-order valence-corrected chi connectivity index (χ1v) is 8.10. The molecular formula is C20H22O2. The third kappa shape index (κ3) is 3.06. The summed E-state index contributed by atoms with van der Waals surface area (Å²) in [4.78, 5) is 12.2. The average Bonchev–Trinajstić information content (AvgIpc) is 2.55. The van der Waals surface area contributed by atoms with Crippen molar-refractivity contribution < 1.29 is 9.53 Å². The summed E-state index contributed by atoms with van der Waals surface area (Å²) >= 11 is 0. The molecule has 0 bridgehead atoms. The zero-order chi connectivity index (χ0) is 15.4. The minimum atomic E-state index is -0.0926. The van der Waals surface area contributed by atoms with Gasteiger partial charge in [0.1, 0.15) is 0 Å². The molecular weight excluding hydrogens is 272 g/mol. The Morgan fingerprint density at radius 2 is 1.64 bits per heavy atom. The van der Waals surface area contributed by atoms with Crippen LogP contribution in [0.25, 0.3) is 0 Å². The van der Waals surface area contributed by atoms with E-state index < -0.39 is 0 Å². The topological polar surface area (TPSA) is 26.3 Å². The number of benzene rings is 2. The average molecular weight is 294 g/mol. The van der Waals surface area contributed by atoms with Crippen molar-refractivity contribution in [1.82, 2.24) is 0 Å². The Bertz CT molecular complexity index is 615. The van der Waals surface area contributed by atoms with Crippen LogP contribution >= 0.6 is 0 Å². The Morgan fingerprint density at radius 1 is 1.05 bits per heavy atom. The highest BCUT2D eigenvalue weighted by Crippen LogP contribution is 2.38. The summed E-state index contributed by atoms with van der Waals surface area (Å²) in [5.41, 5.74) is 5.20. The number of rotatable bonds is 5. The lowest BCUT2D eigenvalue weighted by molar-refractivity contribution is -0.144. The fourth-order valence-electron chi connectivity index (χ4n) is 3.22. The molecule has 0 fully saturated rings. The van der Waals surface area contributed by atoms with Gasteiger partial charge in [-0.2, -0.15) is 0 Å². The first-order valence-electron chi connectivity index (χ1n) is 8.10. The van der Waals surface area contributed by atoms with E-state index in [0.29, 0.717) is 13.0 Å². The molecule has 1 aliphatic carbocycles. The standard InChI is InChI=1S/C20H22O2/c1-2-3-12-22-20(21)14-19-17-10-6-4-8-15(17)13-16-9-5-7-11-18(16)19/h4-11,19H,2-3,12-14H2,1H3. The van der Waals surface area contributed by atoms with Crippen LogP contribution < -0.4 is 0 Å². The Labute approximate surface area is 132 Å². The number of carbonyl (C=O) groups is 1. The highest BCUT2D eigenvalue weighted by Gasteiger charge is 2.27. The van der Waals surface area contributed by atoms with Crippen LogP contribution in [0.15, 0.2) is 48.5 Å². The van der Waals surface area contributed by atoms with Crippen molar-refractivity contribution in [2.24, 2.45) is 0 Å². The first-order chi connectivity index (χ1) is 10.8. The van der Waals surface area contributed by atoms with Crippen molar-refractivity contribution in [3.63, 3.8) is 0 Å². The van der Waals surface area contributed by atoms with Gasteiger partial charge in [0.25, 0.3) is 0 Å². The van der Waals surface area contributed by atoms with Gasteiger partial charge in [-0.15, -0.1) is 0 Å². The quantitative estimate of drug-likeness (QED) is 0.601. The minimum absolute atomic E-state index is 0.0926. The van der Waals surface area contributed by atoms with Gasteiger partial charge in [-0.1, -0.05) is 61.9 Å². The maximum atomic E-state index is 12.2. The molecule has 0 unspecified atom stereocenters. The van der Waals surface area contributed by atoms with Gasteiger partial charge >= 0.3 is 5.97 Å². The van der Waals surface area contributed by atoms with Crippen molar-refractivity contribution >= 4 is 5.97 Å². The lowest BCUT2D eigenvalue weighted by Gasteiger charge is -2.28. The van der Waals surface area contributed by atoms with Crippen LogP contribution in [0.4, 0.5) is 0 Å². The van der Waals surface area contributed by atoms with Crippen LogP contribution in [0.3, 0.4) is 0 Å². The summed E-state index contributed by atoms with van der Waals surface area (Å²) in [7, 11) is 0. The van der Waals surface area contributed by atoms with Gasteiger partial charge in [0.2, 0.25) is 0 Å². The van der Waals surface area contributed by atoms with Crippen molar-refractivity contribution in [2.45, 2.75) is 38.5 Å². The predicted octanol–water partition coefficient (Wildman–Crippen LogP) is 4.46. The van der Waals surface area contributed by atoms with Crippen LogP contribution in [0.2, 0.25) is 0 Å². The summed E-state index contributed by atoms with van der Waals surface area (Å²) in [6, 6.07) is 16.9. The smallest absolute Gasteiger partial charge is 0.306 e. The third-order valence-corrected chi connectivity index (χ3v) is 4.37. The number of ether oxygens (including phenoxy) is 1. The monoisotopic (exact) mass is 294 g/mol. The Hall–Kier alpha value is -2.09. The van der Waals surface area contributed by atoms with Crippen molar-refractivity contribution in [1.29, 1.82) is 0 Å². The van der Waals surface area contributed by atoms with Crippen LogP contribution in [0.5, 0.6) is 0 Å². The lowest BCUT2D eigenvalue weighted by atomic mass is 9.77. The van der Waals surface area contributed by atoms with E-state index >= 15 is 0 Å². The highest BCUT2D eigenvalue weighted by molar-refractivity contribution is 5.72. The maximum Gasteiger partial charge on any atom is 0.306 e. The van der Waals surface area contributed by atoms with Gasteiger partial charge in [-0.05, 0) is 35.1 Å². The van der Waals surface area contributed by atoms with E-state index in [1.165, 1.54) is 22.3 Å². The molecule has 0 saturated carbocycles. The minimum Gasteiger partial charge on any atom is -0.466 e. The van der Waals surface area contributed by atoms with Crippen molar-refractivity contribution in [3.05, 3.63) is 70.8 Å². The normalized spacial score (nSPS) is 13.3. The molecule has 0 heterocycles. The van der Waals surface area contributed by atoms with Crippen LogP contribution in [-0.2, 0) is 16.0 Å². The second-order valence-corrected chi connectivity index (χ2v) is 5.91. The molecule has 0 N–H and O–H groups in total. The Balaban J connectivity index is 1.85. The Morgan fingerprint density at radius 3 is 2.23 bits per heavy atom. The van der Waals surface area contributed by atoms with E-state index in [2.05, 4.69) is 55.5 Å². The molecule has 2 heteroatoms. The molecule has 0 atom stereocenters. The van der Waals surface area contributed by atoms with Gasteiger partial charge < -0.3 is 4.74 Å². The fourth-order valence-corrected chi connectivity index (χ4v) is 3.22. The zero-order valence-electron chi connectivity index (χ0n) is 13.0. The molecule has 1 aliphatic rings. The van der Waals surface area contributed by atoms with Crippen LogP contribution in [0, 0.1) is 0 Å². The first kappa shape index (κ1) is 14.8. The van der Waals surface area contributed by atoms with Gasteiger partial charge in [0.05, 0.1) is 13.0 Å². The molecule has 3 rings (SSSR count). The largest absolute Gasteiger partial charge is 0.466 e. The van der Waals surface area contributed by atoms with Crippen molar-refractivity contribution in [2.75, 3.05) is 6.61 Å². The predicted molar refractivity (Wildman–Crippen MR) is 88.0 cm³/mol. The van der Waals surface area contributed by atoms with E-state index in [1.807, 2.05) is 0 Å². The number of esters is 1.